The van der Waals surface area contributed by atoms with Crippen LogP contribution in [0.4, 0.5) is 0 Å². The number of carbonyl (C=O) groups is 1. The summed E-state index contributed by atoms with van der Waals surface area (Å²) in [7, 11) is -1.87. The van der Waals surface area contributed by atoms with Gasteiger partial charge in [-0.15, -0.1) is 0 Å². The normalized spacial score (nSPS) is 26.2. The van der Waals surface area contributed by atoms with E-state index >= 15 is 0 Å². The van der Waals surface area contributed by atoms with Gasteiger partial charge in [0, 0.05) is 0 Å². The SMILES string of the molecule is CC(C)[C@@H]1CC[C@@H](C)C[C@H]1OC(=O)C(C)[Si](C)(C)c1ccccc1. The van der Waals surface area contributed by atoms with E-state index in [0.29, 0.717) is 17.8 Å². The Kier molecular flexibility index (Phi) is 6.30. The molecule has 2 nitrogen and oxygen atoms in total. The number of carbonyl (C=O) groups excluding carboxylic acids is 1. The fourth-order valence-electron chi connectivity index (χ4n) is 3.91. The van der Waals surface area contributed by atoms with Crippen molar-refractivity contribution in [2.75, 3.05) is 0 Å². The van der Waals surface area contributed by atoms with Crippen LogP contribution in [-0.2, 0) is 9.53 Å². The Morgan fingerprint density at radius 2 is 1.75 bits per heavy atom. The summed E-state index contributed by atoms with van der Waals surface area (Å²) in [6, 6.07) is 10.5. The Morgan fingerprint density at radius 3 is 2.33 bits per heavy atom. The van der Waals surface area contributed by atoms with Gasteiger partial charge in [-0.3, -0.25) is 4.79 Å². The molecule has 0 radical (unpaired) electrons. The highest BCUT2D eigenvalue weighted by Gasteiger charge is 2.39. The fraction of sp³-hybridized carbons (Fsp3) is 0.667. The van der Waals surface area contributed by atoms with Crippen molar-refractivity contribution in [3.63, 3.8) is 0 Å². The van der Waals surface area contributed by atoms with Crippen molar-refractivity contribution >= 4 is 19.2 Å². The second kappa shape index (κ2) is 7.86. The van der Waals surface area contributed by atoms with Crippen molar-refractivity contribution in [1.29, 1.82) is 0 Å². The van der Waals surface area contributed by atoms with Gasteiger partial charge in [-0.25, -0.2) is 0 Å². The maximum absolute atomic E-state index is 12.9. The average molecular weight is 347 g/mol. The van der Waals surface area contributed by atoms with Crippen LogP contribution in [0.3, 0.4) is 0 Å². The van der Waals surface area contributed by atoms with Crippen molar-refractivity contribution in [2.45, 2.75) is 71.7 Å². The first-order chi connectivity index (χ1) is 11.2. The number of esters is 1. The van der Waals surface area contributed by atoms with E-state index in [1.807, 2.05) is 6.07 Å². The highest BCUT2D eigenvalue weighted by Crippen LogP contribution is 2.36. The third-order valence-electron chi connectivity index (χ3n) is 6.18. The fourth-order valence-corrected chi connectivity index (χ4v) is 6.12. The van der Waals surface area contributed by atoms with Gasteiger partial charge in [-0.2, -0.15) is 0 Å². The molecule has 2 rings (SSSR count). The summed E-state index contributed by atoms with van der Waals surface area (Å²) in [6.07, 6.45) is 3.57. The summed E-state index contributed by atoms with van der Waals surface area (Å²) in [5.74, 6) is 1.76. The van der Waals surface area contributed by atoms with Crippen LogP contribution >= 0.6 is 0 Å². The summed E-state index contributed by atoms with van der Waals surface area (Å²) in [5.41, 5.74) is -0.0232. The molecule has 0 bridgehead atoms. The third kappa shape index (κ3) is 4.30. The molecule has 1 saturated carbocycles. The second-order valence-corrected chi connectivity index (χ2v) is 13.5. The first-order valence-electron chi connectivity index (χ1n) is 9.49. The largest absolute Gasteiger partial charge is 0.462 e. The topological polar surface area (TPSA) is 26.3 Å². The van der Waals surface area contributed by atoms with E-state index < -0.39 is 8.07 Å². The minimum atomic E-state index is -1.87. The number of hydrogen-bond donors (Lipinski definition) is 0. The van der Waals surface area contributed by atoms with Gasteiger partial charge in [0.05, 0.1) is 13.6 Å². The van der Waals surface area contributed by atoms with Crippen molar-refractivity contribution < 1.29 is 9.53 Å². The Labute approximate surface area is 149 Å². The molecule has 0 aromatic heterocycles. The minimum absolute atomic E-state index is 0.0141. The van der Waals surface area contributed by atoms with E-state index in [0.717, 1.165) is 6.42 Å². The molecule has 1 aromatic carbocycles. The van der Waals surface area contributed by atoms with Gasteiger partial charge in [0.15, 0.2) is 0 Å². The van der Waals surface area contributed by atoms with E-state index in [2.05, 4.69) is 65.1 Å². The Morgan fingerprint density at radius 1 is 1.12 bits per heavy atom. The number of benzene rings is 1. The highest BCUT2D eigenvalue weighted by atomic mass is 28.3. The van der Waals surface area contributed by atoms with E-state index in [9.17, 15) is 4.79 Å². The summed E-state index contributed by atoms with van der Waals surface area (Å²) >= 11 is 0. The molecule has 24 heavy (non-hydrogen) atoms. The van der Waals surface area contributed by atoms with Gasteiger partial charge in [0.2, 0.25) is 0 Å². The smallest absolute Gasteiger partial charge is 0.306 e. The van der Waals surface area contributed by atoms with Crippen LogP contribution in [-0.4, -0.2) is 20.1 Å². The number of hydrogen-bond acceptors (Lipinski definition) is 2. The third-order valence-corrected chi connectivity index (χ3v) is 10.4. The van der Waals surface area contributed by atoms with E-state index in [4.69, 9.17) is 4.74 Å². The molecule has 1 fully saturated rings. The van der Waals surface area contributed by atoms with E-state index in [1.54, 1.807) is 0 Å². The lowest BCUT2D eigenvalue weighted by Gasteiger charge is -2.38. The van der Waals surface area contributed by atoms with Gasteiger partial charge in [-0.05, 0) is 30.6 Å². The van der Waals surface area contributed by atoms with Gasteiger partial charge < -0.3 is 4.74 Å². The van der Waals surface area contributed by atoms with Crippen LogP contribution in [0.1, 0.15) is 47.0 Å². The zero-order valence-corrected chi connectivity index (χ0v) is 17.2. The molecular weight excluding hydrogens is 312 g/mol. The molecule has 0 heterocycles. The van der Waals surface area contributed by atoms with Gasteiger partial charge >= 0.3 is 5.97 Å². The van der Waals surface area contributed by atoms with Crippen LogP contribution in [0.5, 0.6) is 0 Å². The molecule has 3 heteroatoms. The highest BCUT2D eigenvalue weighted by molar-refractivity contribution is 6.93. The van der Waals surface area contributed by atoms with Crippen molar-refractivity contribution in [2.24, 2.45) is 17.8 Å². The molecule has 1 aromatic rings. The second-order valence-electron chi connectivity index (χ2n) is 8.61. The van der Waals surface area contributed by atoms with E-state index in [-0.39, 0.29) is 17.6 Å². The predicted octanol–water partition coefficient (Wildman–Crippen LogP) is 5.00. The molecule has 0 saturated heterocycles. The van der Waals surface area contributed by atoms with Crippen molar-refractivity contribution in [1.82, 2.24) is 0 Å². The van der Waals surface area contributed by atoms with Crippen molar-refractivity contribution in [3.8, 4) is 0 Å². The molecule has 0 spiro atoms. The summed E-state index contributed by atoms with van der Waals surface area (Å²) in [6.45, 7) is 13.4. The molecule has 1 aliphatic carbocycles. The first-order valence-corrected chi connectivity index (χ1v) is 12.6. The number of rotatable bonds is 5. The van der Waals surface area contributed by atoms with Crippen LogP contribution in [0.2, 0.25) is 18.6 Å². The lowest BCUT2D eigenvalue weighted by atomic mass is 9.75. The molecule has 134 valence electrons. The van der Waals surface area contributed by atoms with Gasteiger partial charge in [-0.1, -0.05) is 82.7 Å². The first kappa shape index (κ1) is 19.2. The molecule has 0 N–H and O–H groups in total. The molecular formula is C21H34O2Si. The van der Waals surface area contributed by atoms with E-state index in [1.165, 1.54) is 18.0 Å². The number of ether oxygens (including phenoxy) is 1. The van der Waals surface area contributed by atoms with Crippen molar-refractivity contribution in [3.05, 3.63) is 30.3 Å². The Balaban J connectivity index is 2.09. The molecule has 1 aliphatic rings. The van der Waals surface area contributed by atoms with Crippen LogP contribution in [0, 0.1) is 17.8 Å². The standard InChI is InChI=1S/C21H34O2Si/c1-15(2)19-13-12-16(3)14-20(19)23-21(22)17(4)24(5,6)18-10-8-7-9-11-18/h7-11,15-17,19-20H,12-14H2,1-6H3/t16-,17?,19+,20-/m1/s1. The molecule has 0 amide bonds. The quantitative estimate of drug-likeness (QED) is 0.554. The predicted molar refractivity (Wildman–Crippen MR) is 104 cm³/mol. The maximum Gasteiger partial charge on any atom is 0.306 e. The lowest BCUT2D eigenvalue weighted by Crippen LogP contribution is -2.49. The summed E-state index contributed by atoms with van der Waals surface area (Å²) in [4.78, 5) is 12.9. The monoisotopic (exact) mass is 346 g/mol. The Bertz CT molecular complexity index is 538. The maximum atomic E-state index is 12.9. The summed E-state index contributed by atoms with van der Waals surface area (Å²) in [5, 5.41) is 1.33. The Hall–Kier alpha value is -1.09. The van der Waals surface area contributed by atoms with Gasteiger partial charge in [0.1, 0.15) is 6.10 Å². The zero-order chi connectivity index (χ0) is 17.9. The van der Waals surface area contributed by atoms with Crippen LogP contribution in [0.25, 0.3) is 0 Å². The summed E-state index contributed by atoms with van der Waals surface area (Å²) < 4.78 is 6.10. The minimum Gasteiger partial charge on any atom is -0.462 e. The van der Waals surface area contributed by atoms with Crippen LogP contribution < -0.4 is 5.19 Å². The average Bonchev–Trinajstić information content (AvgIpc) is 2.54. The molecule has 1 unspecified atom stereocenters. The van der Waals surface area contributed by atoms with Gasteiger partial charge in [0.25, 0.3) is 0 Å². The van der Waals surface area contributed by atoms with Crippen LogP contribution in [0.15, 0.2) is 30.3 Å². The lowest BCUT2D eigenvalue weighted by molar-refractivity contribution is -0.155. The zero-order valence-electron chi connectivity index (χ0n) is 16.2. The molecule has 0 aliphatic heterocycles. The molecule has 4 atom stereocenters.